The van der Waals surface area contributed by atoms with Crippen LogP contribution < -0.4 is 10.6 Å². The fourth-order valence-corrected chi connectivity index (χ4v) is 3.15. The molecule has 130 valence electrons. The normalized spacial score (nSPS) is 22.8. The summed E-state index contributed by atoms with van der Waals surface area (Å²) in [5.74, 6) is 2.40. The Kier molecular flexibility index (Phi) is 6.04. The van der Waals surface area contributed by atoms with Crippen LogP contribution in [0.15, 0.2) is 9.52 Å². The van der Waals surface area contributed by atoms with Gasteiger partial charge in [0.25, 0.3) is 0 Å². The van der Waals surface area contributed by atoms with Gasteiger partial charge in [0.05, 0.1) is 5.69 Å². The van der Waals surface area contributed by atoms with Crippen LogP contribution in [0.25, 0.3) is 0 Å². The molecule has 1 aromatic rings. The van der Waals surface area contributed by atoms with E-state index >= 15 is 0 Å². The molecule has 2 N–H and O–H groups in total. The molecule has 0 aromatic carbocycles. The molecule has 0 bridgehead atoms. The lowest BCUT2D eigenvalue weighted by molar-refractivity contribution is 0.265. The summed E-state index contributed by atoms with van der Waals surface area (Å²) in [5, 5.41) is 11.0. The fraction of sp³-hybridized carbons (Fsp3) is 0.765. The highest BCUT2D eigenvalue weighted by Gasteiger charge is 2.31. The zero-order valence-electron chi connectivity index (χ0n) is 15.3. The highest BCUT2D eigenvalue weighted by atomic mass is 16.5. The number of hydrogen-bond acceptors (Lipinski definition) is 4. The first kappa shape index (κ1) is 17.8. The van der Waals surface area contributed by atoms with E-state index in [9.17, 15) is 0 Å². The Labute approximate surface area is 139 Å². The van der Waals surface area contributed by atoms with E-state index in [-0.39, 0.29) is 0 Å². The Morgan fingerprint density at radius 2 is 2.13 bits per heavy atom. The van der Waals surface area contributed by atoms with Gasteiger partial charge in [0.15, 0.2) is 5.96 Å². The highest BCUT2D eigenvalue weighted by molar-refractivity contribution is 5.80. The molecule has 2 atom stereocenters. The number of aryl methyl sites for hydroxylation is 2. The Morgan fingerprint density at radius 3 is 2.65 bits per heavy atom. The molecule has 2 rings (SSSR count). The number of guanidine groups is 1. The third kappa shape index (κ3) is 4.47. The molecule has 0 radical (unpaired) electrons. The van der Waals surface area contributed by atoms with Crippen LogP contribution in [0, 0.1) is 19.8 Å². The fourth-order valence-electron chi connectivity index (χ4n) is 3.15. The van der Waals surface area contributed by atoms with Gasteiger partial charge in [0.2, 0.25) is 0 Å². The van der Waals surface area contributed by atoms with Crippen LogP contribution in [-0.2, 0) is 6.42 Å². The van der Waals surface area contributed by atoms with Crippen LogP contribution in [0.2, 0.25) is 0 Å². The van der Waals surface area contributed by atoms with Crippen molar-refractivity contribution in [1.82, 2.24) is 20.7 Å². The maximum absolute atomic E-state index is 5.21. The van der Waals surface area contributed by atoms with E-state index < -0.39 is 0 Å². The highest BCUT2D eigenvalue weighted by Crippen LogP contribution is 2.18. The molecule has 0 aliphatic carbocycles. The summed E-state index contributed by atoms with van der Waals surface area (Å²) in [6.07, 6.45) is 0.889. The van der Waals surface area contributed by atoms with Crippen molar-refractivity contribution in [3.8, 4) is 0 Å². The first-order valence-corrected chi connectivity index (χ1v) is 8.55. The second-order valence-corrected chi connectivity index (χ2v) is 6.83. The summed E-state index contributed by atoms with van der Waals surface area (Å²) in [6, 6.07) is 1.04. The lowest BCUT2D eigenvalue weighted by Gasteiger charge is -2.22. The minimum atomic E-state index is 0.447. The minimum absolute atomic E-state index is 0.447. The summed E-state index contributed by atoms with van der Waals surface area (Å²) in [6.45, 7) is 13.8. The Morgan fingerprint density at radius 1 is 1.39 bits per heavy atom. The number of rotatable bonds is 5. The van der Waals surface area contributed by atoms with Crippen LogP contribution >= 0.6 is 0 Å². The van der Waals surface area contributed by atoms with Crippen LogP contribution in [0.1, 0.15) is 37.8 Å². The predicted octanol–water partition coefficient (Wildman–Crippen LogP) is 1.73. The van der Waals surface area contributed by atoms with Crippen molar-refractivity contribution in [3.63, 3.8) is 0 Å². The lowest BCUT2D eigenvalue weighted by atomic mass is 10.1. The molecule has 23 heavy (non-hydrogen) atoms. The van der Waals surface area contributed by atoms with Gasteiger partial charge in [-0.25, -0.2) is 0 Å². The summed E-state index contributed by atoms with van der Waals surface area (Å²) >= 11 is 0. The monoisotopic (exact) mass is 321 g/mol. The molecule has 1 aliphatic heterocycles. The van der Waals surface area contributed by atoms with E-state index in [0.29, 0.717) is 18.0 Å². The predicted molar refractivity (Wildman–Crippen MR) is 93.8 cm³/mol. The number of nitrogens with zero attached hydrogens (tertiary/aromatic N) is 3. The molecule has 0 saturated carbocycles. The Hall–Kier alpha value is -1.56. The van der Waals surface area contributed by atoms with Gasteiger partial charge in [-0.1, -0.05) is 12.1 Å². The van der Waals surface area contributed by atoms with Gasteiger partial charge in [-0.2, -0.15) is 0 Å². The lowest BCUT2D eigenvalue weighted by Crippen LogP contribution is -2.47. The molecule has 0 amide bonds. The second kappa shape index (κ2) is 7.81. The van der Waals surface area contributed by atoms with Crippen molar-refractivity contribution in [2.24, 2.45) is 10.9 Å². The van der Waals surface area contributed by atoms with Crippen molar-refractivity contribution < 1.29 is 4.52 Å². The third-order valence-corrected chi connectivity index (χ3v) is 4.77. The van der Waals surface area contributed by atoms with Crippen LogP contribution in [-0.4, -0.2) is 54.8 Å². The van der Waals surface area contributed by atoms with E-state index in [2.05, 4.69) is 46.5 Å². The number of likely N-dealkylation sites (tertiary alicyclic amines) is 1. The molecule has 2 heterocycles. The summed E-state index contributed by atoms with van der Waals surface area (Å²) in [5.41, 5.74) is 2.16. The van der Waals surface area contributed by atoms with Gasteiger partial charge in [-0.15, -0.1) is 0 Å². The van der Waals surface area contributed by atoms with Crippen molar-refractivity contribution in [1.29, 1.82) is 0 Å². The SMILES string of the molecule is CN=C(NCCc1c(C)noc1C)NC1CN(C(C)C)CC1C. The smallest absolute Gasteiger partial charge is 0.191 e. The molecule has 2 unspecified atom stereocenters. The van der Waals surface area contributed by atoms with Gasteiger partial charge in [-0.05, 0) is 40.0 Å². The molecule has 1 saturated heterocycles. The van der Waals surface area contributed by atoms with Crippen molar-refractivity contribution in [2.45, 2.75) is 53.1 Å². The molecule has 1 fully saturated rings. The van der Waals surface area contributed by atoms with Crippen LogP contribution in [0.4, 0.5) is 0 Å². The van der Waals surface area contributed by atoms with Gasteiger partial charge >= 0.3 is 0 Å². The van der Waals surface area contributed by atoms with E-state index in [1.807, 2.05) is 20.9 Å². The summed E-state index contributed by atoms with van der Waals surface area (Å²) in [4.78, 5) is 6.87. The molecule has 6 nitrogen and oxygen atoms in total. The van der Waals surface area contributed by atoms with Crippen molar-refractivity contribution >= 4 is 5.96 Å². The largest absolute Gasteiger partial charge is 0.361 e. The van der Waals surface area contributed by atoms with E-state index in [0.717, 1.165) is 43.5 Å². The molecule has 6 heteroatoms. The maximum atomic E-state index is 5.21. The number of nitrogens with one attached hydrogen (secondary N) is 2. The van der Waals surface area contributed by atoms with E-state index in [1.54, 1.807) is 0 Å². The Balaban J connectivity index is 1.82. The first-order chi connectivity index (χ1) is 10.9. The summed E-state index contributed by atoms with van der Waals surface area (Å²) < 4.78 is 5.21. The number of aliphatic imine (C=N–C) groups is 1. The standard InChI is InChI=1S/C17H31N5O/c1-11(2)22-9-12(3)16(10-22)20-17(18-6)19-8-7-15-13(4)21-23-14(15)5/h11-12,16H,7-10H2,1-6H3,(H2,18,19,20). The van der Waals surface area contributed by atoms with Gasteiger partial charge in [-0.3, -0.25) is 9.89 Å². The van der Waals surface area contributed by atoms with Gasteiger partial charge < -0.3 is 15.2 Å². The quantitative estimate of drug-likeness (QED) is 0.639. The van der Waals surface area contributed by atoms with Crippen LogP contribution in [0.5, 0.6) is 0 Å². The minimum Gasteiger partial charge on any atom is -0.361 e. The average molecular weight is 321 g/mol. The molecule has 1 aromatic heterocycles. The van der Waals surface area contributed by atoms with Crippen molar-refractivity contribution in [2.75, 3.05) is 26.7 Å². The molecular formula is C17H31N5O. The van der Waals surface area contributed by atoms with Crippen molar-refractivity contribution in [3.05, 3.63) is 17.0 Å². The summed E-state index contributed by atoms with van der Waals surface area (Å²) in [7, 11) is 1.82. The topological polar surface area (TPSA) is 65.7 Å². The van der Waals surface area contributed by atoms with E-state index in [4.69, 9.17) is 4.52 Å². The Bertz CT molecular complexity index is 518. The zero-order chi connectivity index (χ0) is 17.0. The average Bonchev–Trinajstić information content (AvgIpc) is 3.03. The third-order valence-electron chi connectivity index (χ3n) is 4.77. The molecule has 1 aliphatic rings. The molecular weight excluding hydrogens is 290 g/mol. The first-order valence-electron chi connectivity index (χ1n) is 8.55. The maximum Gasteiger partial charge on any atom is 0.191 e. The van der Waals surface area contributed by atoms with Crippen LogP contribution in [0.3, 0.4) is 0 Å². The van der Waals surface area contributed by atoms with Gasteiger partial charge in [0, 0.05) is 44.3 Å². The van der Waals surface area contributed by atoms with E-state index in [1.165, 1.54) is 5.56 Å². The number of hydrogen-bond donors (Lipinski definition) is 2. The second-order valence-electron chi connectivity index (χ2n) is 6.83. The number of aromatic nitrogens is 1. The zero-order valence-corrected chi connectivity index (χ0v) is 15.3. The van der Waals surface area contributed by atoms with Gasteiger partial charge in [0.1, 0.15) is 5.76 Å². The molecule has 0 spiro atoms.